The van der Waals surface area contributed by atoms with Gasteiger partial charge in [0.05, 0.1) is 20.5 Å². The minimum atomic E-state index is -0.223. The maximum absolute atomic E-state index is 11.9. The van der Waals surface area contributed by atoms with E-state index in [1.54, 1.807) is 20.5 Å². The Kier molecular flexibility index (Phi) is 5.91. The normalized spacial score (nSPS) is 11.6. The number of nitrogens with one attached hydrogen (secondary N) is 2. The first-order valence-corrected chi connectivity index (χ1v) is 7.40. The average Bonchev–Trinajstić information content (AvgIpc) is 3.05. The van der Waals surface area contributed by atoms with Gasteiger partial charge in [-0.25, -0.2) is 4.79 Å². The van der Waals surface area contributed by atoms with Crippen LogP contribution in [0.25, 0.3) is 0 Å². The Balaban J connectivity index is 1.82. The lowest BCUT2D eigenvalue weighted by Crippen LogP contribution is -2.41. The van der Waals surface area contributed by atoms with Crippen LogP contribution in [0, 0.1) is 0 Å². The summed E-state index contributed by atoms with van der Waals surface area (Å²) in [6, 6.07) is 9.01. The number of methoxy groups -OCH3 is 2. The molecule has 2 rings (SSSR count). The van der Waals surface area contributed by atoms with Crippen molar-refractivity contribution < 1.29 is 18.7 Å². The molecule has 1 aromatic carbocycles. The van der Waals surface area contributed by atoms with Crippen molar-refractivity contribution in [2.45, 2.75) is 25.9 Å². The lowest BCUT2D eigenvalue weighted by Gasteiger charge is -2.14. The number of hydrogen-bond donors (Lipinski definition) is 2. The molecule has 1 atom stereocenters. The molecule has 0 saturated heterocycles. The van der Waals surface area contributed by atoms with E-state index in [-0.39, 0.29) is 12.1 Å². The SMILES string of the molecule is COc1ccc(CNC(=O)NC(C)Cc2ccco2)cc1OC. The van der Waals surface area contributed by atoms with Gasteiger partial charge in [-0.1, -0.05) is 6.07 Å². The summed E-state index contributed by atoms with van der Waals surface area (Å²) in [6.07, 6.45) is 2.27. The van der Waals surface area contributed by atoms with E-state index in [2.05, 4.69) is 10.6 Å². The number of hydrogen-bond acceptors (Lipinski definition) is 4. The van der Waals surface area contributed by atoms with E-state index >= 15 is 0 Å². The summed E-state index contributed by atoms with van der Waals surface area (Å²) in [6.45, 7) is 2.33. The zero-order valence-corrected chi connectivity index (χ0v) is 13.6. The summed E-state index contributed by atoms with van der Waals surface area (Å²) < 4.78 is 15.7. The zero-order valence-electron chi connectivity index (χ0n) is 13.6. The van der Waals surface area contributed by atoms with E-state index in [9.17, 15) is 4.79 Å². The van der Waals surface area contributed by atoms with E-state index in [0.717, 1.165) is 11.3 Å². The molecule has 0 saturated carbocycles. The highest BCUT2D eigenvalue weighted by Crippen LogP contribution is 2.27. The summed E-state index contributed by atoms with van der Waals surface area (Å²) in [5.41, 5.74) is 0.927. The van der Waals surface area contributed by atoms with Crippen molar-refractivity contribution in [1.29, 1.82) is 0 Å². The quantitative estimate of drug-likeness (QED) is 0.823. The Morgan fingerprint density at radius 2 is 2.00 bits per heavy atom. The highest BCUT2D eigenvalue weighted by atomic mass is 16.5. The summed E-state index contributed by atoms with van der Waals surface area (Å²) in [4.78, 5) is 11.9. The van der Waals surface area contributed by atoms with Crippen molar-refractivity contribution in [1.82, 2.24) is 10.6 Å². The topological polar surface area (TPSA) is 72.7 Å². The largest absolute Gasteiger partial charge is 0.493 e. The predicted molar refractivity (Wildman–Crippen MR) is 86.8 cm³/mol. The first kappa shape index (κ1) is 16.7. The van der Waals surface area contributed by atoms with Crippen LogP contribution < -0.4 is 20.1 Å². The molecular weight excluding hydrogens is 296 g/mol. The molecule has 1 heterocycles. The van der Waals surface area contributed by atoms with E-state index in [0.29, 0.717) is 24.5 Å². The highest BCUT2D eigenvalue weighted by molar-refractivity contribution is 5.74. The molecular formula is C17H22N2O4. The second kappa shape index (κ2) is 8.12. The maximum atomic E-state index is 11.9. The fourth-order valence-electron chi connectivity index (χ4n) is 2.23. The van der Waals surface area contributed by atoms with Crippen molar-refractivity contribution in [2.75, 3.05) is 14.2 Å². The van der Waals surface area contributed by atoms with Crippen molar-refractivity contribution in [3.05, 3.63) is 47.9 Å². The van der Waals surface area contributed by atoms with Crippen LogP contribution in [-0.2, 0) is 13.0 Å². The third-order valence-corrected chi connectivity index (χ3v) is 3.37. The monoisotopic (exact) mass is 318 g/mol. The molecule has 2 amide bonds. The van der Waals surface area contributed by atoms with Gasteiger partial charge >= 0.3 is 6.03 Å². The zero-order chi connectivity index (χ0) is 16.7. The minimum Gasteiger partial charge on any atom is -0.493 e. The second-order valence-electron chi connectivity index (χ2n) is 5.20. The van der Waals surface area contributed by atoms with E-state index in [4.69, 9.17) is 13.9 Å². The molecule has 23 heavy (non-hydrogen) atoms. The minimum absolute atomic E-state index is 0.0217. The van der Waals surface area contributed by atoms with E-state index in [1.807, 2.05) is 37.3 Å². The van der Waals surface area contributed by atoms with Gasteiger partial charge in [0, 0.05) is 19.0 Å². The Morgan fingerprint density at radius 3 is 2.65 bits per heavy atom. The standard InChI is InChI=1S/C17H22N2O4/c1-12(9-14-5-4-8-23-14)19-17(20)18-11-13-6-7-15(21-2)16(10-13)22-3/h4-8,10,12H,9,11H2,1-3H3,(H2,18,19,20). The van der Waals surface area contributed by atoms with Crippen LogP contribution in [-0.4, -0.2) is 26.3 Å². The van der Waals surface area contributed by atoms with Gasteiger partial charge in [0.25, 0.3) is 0 Å². The number of amides is 2. The fourth-order valence-corrected chi connectivity index (χ4v) is 2.23. The van der Waals surface area contributed by atoms with Crippen LogP contribution in [0.1, 0.15) is 18.2 Å². The molecule has 0 bridgehead atoms. The molecule has 0 radical (unpaired) electrons. The third kappa shape index (κ3) is 4.95. The number of benzene rings is 1. The summed E-state index contributed by atoms with van der Waals surface area (Å²) in [7, 11) is 3.17. The highest BCUT2D eigenvalue weighted by Gasteiger charge is 2.10. The maximum Gasteiger partial charge on any atom is 0.315 e. The van der Waals surface area contributed by atoms with Gasteiger partial charge in [0.1, 0.15) is 5.76 Å². The molecule has 1 aromatic heterocycles. The molecule has 2 aromatic rings. The van der Waals surface area contributed by atoms with Crippen molar-refractivity contribution in [3.63, 3.8) is 0 Å². The van der Waals surface area contributed by atoms with Gasteiger partial charge in [-0.2, -0.15) is 0 Å². The van der Waals surface area contributed by atoms with Gasteiger partial charge in [0.2, 0.25) is 0 Å². The molecule has 1 unspecified atom stereocenters. The van der Waals surface area contributed by atoms with Gasteiger partial charge in [-0.3, -0.25) is 0 Å². The lowest BCUT2D eigenvalue weighted by molar-refractivity contribution is 0.237. The molecule has 0 aliphatic carbocycles. The molecule has 6 nitrogen and oxygen atoms in total. The van der Waals surface area contributed by atoms with E-state index in [1.165, 1.54) is 0 Å². The Bertz CT molecular complexity index is 626. The number of carbonyl (C=O) groups excluding carboxylic acids is 1. The van der Waals surface area contributed by atoms with Crippen LogP contribution in [0.2, 0.25) is 0 Å². The first-order valence-electron chi connectivity index (χ1n) is 7.40. The number of carbonyl (C=O) groups is 1. The lowest BCUT2D eigenvalue weighted by atomic mass is 10.2. The van der Waals surface area contributed by atoms with Crippen LogP contribution in [0.15, 0.2) is 41.0 Å². The van der Waals surface area contributed by atoms with Crippen LogP contribution in [0.4, 0.5) is 4.79 Å². The van der Waals surface area contributed by atoms with Gasteiger partial charge < -0.3 is 24.5 Å². The molecule has 0 aliphatic rings. The third-order valence-electron chi connectivity index (χ3n) is 3.37. The Morgan fingerprint density at radius 1 is 1.22 bits per heavy atom. The molecule has 2 N–H and O–H groups in total. The van der Waals surface area contributed by atoms with Crippen molar-refractivity contribution in [3.8, 4) is 11.5 Å². The Hall–Kier alpha value is -2.63. The molecule has 0 spiro atoms. The van der Waals surface area contributed by atoms with Crippen molar-refractivity contribution in [2.24, 2.45) is 0 Å². The van der Waals surface area contributed by atoms with Gasteiger partial charge in [-0.05, 0) is 36.8 Å². The predicted octanol–water partition coefficient (Wildman–Crippen LogP) is 2.73. The van der Waals surface area contributed by atoms with Crippen LogP contribution >= 0.6 is 0 Å². The first-order chi connectivity index (χ1) is 11.1. The summed E-state index contributed by atoms with van der Waals surface area (Å²) in [5.74, 6) is 2.14. The van der Waals surface area contributed by atoms with Gasteiger partial charge in [-0.15, -0.1) is 0 Å². The fraction of sp³-hybridized carbons (Fsp3) is 0.353. The number of ether oxygens (including phenoxy) is 2. The number of urea groups is 1. The van der Waals surface area contributed by atoms with E-state index < -0.39 is 0 Å². The van der Waals surface area contributed by atoms with Crippen LogP contribution in [0.5, 0.6) is 11.5 Å². The van der Waals surface area contributed by atoms with Crippen LogP contribution in [0.3, 0.4) is 0 Å². The smallest absolute Gasteiger partial charge is 0.315 e. The summed E-state index contributed by atoms with van der Waals surface area (Å²) >= 11 is 0. The number of rotatable bonds is 7. The molecule has 6 heteroatoms. The van der Waals surface area contributed by atoms with Gasteiger partial charge in [0.15, 0.2) is 11.5 Å². The van der Waals surface area contributed by atoms with Crippen molar-refractivity contribution >= 4 is 6.03 Å². The second-order valence-corrected chi connectivity index (χ2v) is 5.20. The average molecular weight is 318 g/mol. The molecule has 0 fully saturated rings. The molecule has 124 valence electrons. The molecule has 0 aliphatic heterocycles. The number of furan rings is 1. The summed E-state index contributed by atoms with van der Waals surface area (Å²) in [5, 5.41) is 5.69. The Labute approximate surface area is 135 Å².